The first-order chi connectivity index (χ1) is 6.39. The molecule has 0 bridgehead atoms. The van der Waals surface area contributed by atoms with E-state index in [1.54, 1.807) is 0 Å². The highest BCUT2D eigenvalue weighted by molar-refractivity contribution is 4.85. The van der Waals surface area contributed by atoms with Gasteiger partial charge in [0.15, 0.2) is 0 Å². The lowest BCUT2D eigenvalue weighted by molar-refractivity contribution is -0.163. The molecule has 0 aliphatic carbocycles. The molecule has 0 aromatic rings. The van der Waals surface area contributed by atoms with E-state index in [1.165, 1.54) is 0 Å². The molecular formula is C10H18F3N. The zero-order valence-corrected chi connectivity index (χ0v) is 8.69. The Morgan fingerprint density at radius 1 is 1.29 bits per heavy atom. The van der Waals surface area contributed by atoms with Crippen LogP contribution in [0.3, 0.4) is 0 Å². The van der Waals surface area contributed by atoms with Crippen LogP contribution >= 0.6 is 0 Å². The van der Waals surface area contributed by atoms with Gasteiger partial charge < -0.3 is 5.32 Å². The minimum atomic E-state index is -4.07. The molecule has 0 spiro atoms. The number of halogens is 3. The molecule has 14 heavy (non-hydrogen) atoms. The van der Waals surface area contributed by atoms with Crippen LogP contribution in [0.1, 0.15) is 39.5 Å². The second kappa shape index (κ2) is 4.51. The Kier molecular flexibility index (Phi) is 3.81. The number of alkyl halides is 3. The monoisotopic (exact) mass is 209 g/mol. The fourth-order valence-corrected chi connectivity index (χ4v) is 2.03. The number of rotatable bonds is 2. The molecular weight excluding hydrogens is 191 g/mol. The highest BCUT2D eigenvalue weighted by Crippen LogP contribution is 2.29. The minimum absolute atomic E-state index is 0.0513. The highest BCUT2D eigenvalue weighted by Gasteiger charge is 2.41. The van der Waals surface area contributed by atoms with Crippen molar-refractivity contribution < 1.29 is 13.2 Å². The van der Waals surface area contributed by atoms with E-state index in [0.717, 1.165) is 12.8 Å². The van der Waals surface area contributed by atoms with Crippen molar-refractivity contribution in [1.29, 1.82) is 0 Å². The van der Waals surface area contributed by atoms with Crippen LogP contribution in [0.4, 0.5) is 13.2 Å². The summed E-state index contributed by atoms with van der Waals surface area (Å²) in [6.45, 7) is 4.08. The Morgan fingerprint density at radius 3 is 2.43 bits per heavy atom. The van der Waals surface area contributed by atoms with Crippen LogP contribution in [0, 0.1) is 5.92 Å². The Hall–Kier alpha value is -0.250. The second-order valence-electron chi connectivity index (χ2n) is 4.52. The van der Waals surface area contributed by atoms with Gasteiger partial charge in [-0.3, -0.25) is 0 Å². The smallest absolute Gasteiger partial charge is 0.303 e. The van der Waals surface area contributed by atoms with E-state index in [-0.39, 0.29) is 12.5 Å². The molecule has 1 rings (SSSR count). The van der Waals surface area contributed by atoms with Gasteiger partial charge in [-0.2, -0.15) is 13.2 Å². The van der Waals surface area contributed by atoms with Crippen molar-refractivity contribution in [3.05, 3.63) is 0 Å². The van der Waals surface area contributed by atoms with E-state index in [2.05, 4.69) is 5.32 Å². The zero-order valence-electron chi connectivity index (χ0n) is 8.69. The van der Waals surface area contributed by atoms with Crippen molar-refractivity contribution in [2.75, 3.05) is 0 Å². The summed E-state index contributed by atoms with van der Waals surface area (Å²) >= 11 is 0. The molecule has 0 unspecified atom stereocenters. The van der Waals surface area contributed by atoms with Crippen molar-refractivity contribution in [2.24, 2.45) is 5.92 Å². The topological polar surface area (TPSA) is 12.0 Å². The van der Waals surface area contributed by atoms with Gasteiger partial charge in [-0.1, -0.05) is 20.3 Å². The van der Waals surface area contributed by atoms with Gasteiger partial charge in [-0.15, -0.1) is 0 Å². The van der Waals surface area contributed by atoms with Gasteiger partial charge >= 0.3 is 6.18 Å². The predicted molar refractivity (Wildman–Crippen MR) is 50.1 cm³/mol. The maximum Gasteiger partial charge on any atom is 0.403 e. The number of nitrogens with one attached hydrogen (secondary N) is 1. The van der Waals surface area contributed by atoms with E-state index < -0.39 is 12.2 Å². The molecule has 4 heteroatoms. The molecule has 0 radical (unpaired) electrons. The summed E-state index contributed by atoms with van der Waals surface area (Å²) in [6, 6.07) is -1.23. The zero-order chi connectivity index (χ0) is 10.8. The van der Waals surface area contributed by atoms with Gasteiger partial charge in [-0.05, 0) is 25.2 Å². The molecule has 2 atom stereocenters. The standard InChI is InChI=1S/C10H18F3N/c1-7(2)6-8-4-3-5-9(14-8)10(11,12)13/h7-9,14H,3-6H2,1-2H3/t8-,9-/m0/s1. The third kappa shape index (κ3) is 3.48. The number of hydrogen-bond acceptors (Lipinski definition) is 1. The molecule has 1 aliphatic rings. The first-order valence-electron chi connectivity index (χ1n) is 5.22. The van der Waals surface area contributed by atoms with Gasteiger partial charge in [-0.25, -0.2) is 0 Å². The summed E-state index contributed by atoms with van der Waals surface area (Å²) in [5.74, 6) is 0.458. The van der Waals surface area contributed by atoms with E-state index >= 15 is 0 Å². The van der Waals surface area contributed by atoms with Gasteiger partial charge in [0, 0.05) is 6.04 Å². The summed E-state index contributed by atoms with van der Waals surface area (Å²) in [5.41, 5.74) is 0. The molecule has 1 nitrogen and oxygen atoms in total. The molecule has 0 saturated carbocycles. The van der Waals surface area contributed by atoms with Crippen LogP contribution in [0.15, 0.2) is 0 Å². The van der Waals surface area contributed by atoms with Crippen LogP contribution in [0.25, 0.3) is 0 Å². The minimum Gasteiger partial charge on any atom is -0.303 e. The van der Waals surface area contributed by atoms with Gasteiger partial charge in [0.2, 0.25) is 0 Å². The predicted octanol–water partition coefficient (Wildman–Crippen LogP) is 3.11. The molecule has 84 valence electrons. The molecule has 0 aromatic heterocycles. The van der Waals surface area contributed by atoms with E-state index in [9.17, 15) is 13.2 Å². The Morgan fingerprint density at radius 2 is 1.93 bits per heavy atom. The molecule has 0 aromatic carbocycles. The average molecular weight is 209 g/mol. The van der Waals surface area contributed by atoms with Gasteiger partial charge in [0.05, 0.1) is 0 Å². The SMILES string of the molecule is CC(C)C[C@@H]1CCC[C@@H](C(F)(F)F)N1. The highest BCUT2D eigenvalue weighted by atomic mass is 19.4. The number of piperidine rings is 1. The number of hydrogen-bond donors (Lipinski definition) is 1. The fraction of sp³-hybridized carbons (Fsp3) is 1.00. The largest absolute Gasteiger partial charge is 0.403 e. The third-order valence-electron chi connectivity index (χ3n) is 2.63. The molecule has 0 amide bonds. The van der Waals surface area contributed by atoms with Crippen LogP contribution in [-0.4, -0.2) is 18.3 Å². The normalized spacial score (nSPS) is 29.6. The molecule has 1 aliphatic heterocycles. The van der Waals surface area contributed by atoms with E-state index in [4.69, 9.17) is 0 Å². The quantitative estimate of drug-likeness (QED) is 0.736. The lowest BCUT2D eigenvalue weighted by Gasteiger charge is -2.33. The van der Waals surface area contributed by atoms with Crippen molar-refractivity contribution in [2.45, 2.75) is 57.8 Å². The average Bonchev–Trinajstić information content (AvgIpc) is 2.01. The Balaban J connectivity index is 2.44. The van der Waals surface area contributed by atoms with Crippen LogP contribution in [-0.2, 0) is 0 Å². The summed E-state index contributed by atoms with van der Waals surface area (Å²) in [4.78, 5) is 0. The summed E-state index contributed by atoms with van der Waals surface area (Å²) in [5, 5.41) is 2.70. The first-order valence-corrected chi connectivity index (χ1v) is 5.22. The third-order valence-corrected chi connectivity index (χ3v) is 2.63. The molecule has 1 fully saturated rings. The van der Waals surface area contributed by atoms with Crippen LogP contribution in [0.5, 0.6) is 0 Å². The summed E-state index contributed by atoms with van der Waals surface area (Å²) < 4.78 is 37.2. The van der Waals surface area contributed by atoms with Crippen LogP contribution < -0.4 is 5.32 Å². The van der Waals surface area contributed by atoms with E-state index in [0.29, 0.717) is 12.3 Å². The maximum atomic E-state index is 12.4. The second-order valence-corrected chi connectivity index (χ2v) is 4.52. The summed E-state index contributed by atoms with van der Waals surface area (Å²) in [7, 11) is 0. The van der Waals surface area contributed by atoms with Crippen molar-refractivity contribution in [3.8, 4) is 0 Å². The lowest BCUT2D eigenvalue weighted by Crippen LogP contribution is -2.50. The molecule has 1 N–H and O–H groups in total. The van der Waals surface area contributed by atoms with Crippen LogP contribution in [0.2, 0.25) is 0 Å². The van der Waals surface area contributed by atoms with Crippen molar-refractivity contribution >= 4 is 0 Å². The Bertz CT molecular complexity index is 177. The Labute approximate surface area is 83.1 Å². The molecule has 1 heterocycles. The molecule has 1 saturated heterocycles. The fourth-order valence-electron chi connectivity index (χ4n) is 2.03. The van der Waals surface area contributed by atoms with E-state index in [1.807, 2.05) is 13.8 Å². The first kappa shape index (κ1) is 11.8. The lowest BCUT2D eigenvalue weighted by atomic mass is 9.92. The van der Waals surface area contributed by atoms with Gasteiger partial charge in [0.25, 0.3) is 0 Å². The maximum absolute atomic E-state index is 12.4. The van der Waals surface area contributed by atoms with Crippen molar-refractivity contribution in [3.63, 3.8) is 0 Å². The summed E-state index contributed by atoms with van der Waals surface area (Å²) in [6.07, 6.45) is -1.43. The van der Waals surface area contributed by atoms with Gasteiger partial charge in [0.1, 0.15) is 6.04 Å². The van der Waals surface area contributed by atoms with Crippen molar-refractivity contribution in [1.82, 2.24) is 5.32 Å².